The van der Waals surface area contributed by atoms with E-state index >= 15 is 0 Å². The summed E-state index contributed by atoms with van der Waals surface area (Å²) in [6, 6.07) is 7.89. The van der Waals surface area contributed by atoms with Gasteiger partial charge in [-0.05, 0) is 38.0 Å². The lowest BCUT2D eigenvalue weighted by molar-refractivity contribution is 0.0694. The SMILES string of the molecule is CCn1ccnc1C1CCCN(C(=O)c2cc3ccc(OC)cc3n2C)C1. The Hall–Kier alpha value is -2.76. The van der Waals surface area contributed by atoms with Crippen molar-refractivity contribution in [3.63, 3.8) is 0 Å². The van der Waals surface area contributed by atoms with Crippen LogP contribution in [0.15, 0.2) is 36.7 Å². The number of ether oxygens (including phenoxy) is 1. The largest absolute Gasteiger partial charge is 0.497 e. The van der Waals surface area contributed by atoms with Crippen molar-refractivity contribution in [2.75, 3.05) is 20.2 Å². The fourth-order valence-electron chi connectivity index (χ4n) is 4.12. The number of aryl methyl sites for hydroxylation is 2. The molecule has 0 spiro atoms. The van der Waals surface area contributed by atoms with Crippen molar-refractivity contribution in [1.29, 1.82) is 0 Å². The number of benzene rings is 1. The van der Waals surface area contributed by atoms with Crippen LogP contribution in [-0.2, 0) is 13.6 Å². The molecule has 6 nitrogen and oxygen atoms in total. The first-order valence-electron chi connectivity index (χ1n) is 9.56. The minimum Gasteiger partial charge on any atom is -0.497 e. The van der Waals surface area contributed by atoms with Crippen LogP contribution in [0.25, 0.3) is 10.9 Å². The van der Waals surface area contributed by atoms with E-state index in [1.54, 1.807) is 7.11 Å². The van der Waals surface area contributed by atoms with Crippen molar-refractivity contribution < 1.29 is 9.53 Å². The lowest BCUT2D eigenvalue weighted by Crippen LogP contribution is -2.40. The average molecular weight is 366 g/mol. The molecular weight excluding hydrogens is 340 g/mol. The van der Waals surface area contributed by atoms with Gasteiger partial charge in [0.05, 0.1) is 12.6 Å². The molecule has 0 bridgehead atoms. The van der Waals surface area contributed by atoms with E-state index in [0.29, 0.717) is 5.92 Å². The number of aromatic nitrogens is 3. The summed E-state index contributed by atoms with van der Waals surface area (Å²) in [5.74, 6) is 2.28. The Labute approximate surface area is 159 Å². The minimum atomic E-state index is 0.0898. The van der Waals surface area contributed by atoms with Gasteiger partial charge in [-0.1, -0.05) is 0 Å². The van der Waals surface area contributed by atoms with Crippen LogP contribution in [0.1, 0.15) is 42.0 Å². The summed E-state index contributed by atoms with van der Waals surface area (Å²) < 4.78 is 9.47. The van der Waals surface area contributed by atoms with Gasteiger partial charge in [-0.3, -0.25) is 4.79 Å². The average Bonchev–Trinajstić information content (AvgIpc) is 3.32. The monoisotopic (exact) mass is 366 g/mol. The Kier molecular flexibility index (Phi) is 4.64. The van der Waals surface area contributed by atoms with E-state index in [0.717, 1.165) is 60.6 Å². The fourth-order valence-corrected chi connectivity index (χ4v) is 4.12. The number of rotatable bonds is 4. The third kappa shape index (κ3) is 3.09. The van der Waals surface area contributed by atoms with E-state index in [2.05, 4.69) is 16.5 Å². The Morgan fingerprint density at radius 2 is 2.19 bits per heavy atom. The Morgan fingerprint density at radius 3 is 2.96 bits per heavy atom. The normalized spacial score (nSPS) is 17.4. The first-order chi connectivity index (χ1) is 13.1. The van der Waals surface area contributed by atoms with E-state index in [4.69, 9.17) is 4.74 Å². The summed E-state index contributed by atoms with van der Waals surface area (Å²) in [4.78, 5) is 19.8. The van der Waals surface area contributed by atoms with Gasteiger partial charge in [0.15, 0.2) is 0 Å². The Balaban J connectivity index is 1.60. The van der Waals surface area contributed by atoms with Crippen molar-refractivity contribution in [2.45, 2.75) is 32.2 Å². The highest BCUT2D eigenvalue weighted by Crippen LogP contribution is 2.29. The molecule has 3 aromatic rings. The molecular formula is C21H26N4O2. The standard InChI is InChI=1S/C21H26N4O2/c1-4-24-11-9-22-20(24)16-6-5-10-25(14-16)21(26)19-12-15-7-8-17(27-3)13-18(15)23(19)2/h7-9,11-13,16H,4-6,10,14H2,1-3H3. The van der Waals surface area contributed by atoms with E-state index in [9.17, 15) is 4.79 Å². The molecule has 142 valence electrons. The number of fused-ring (bicyclic) bond motifs is 1. The topological polar surface area (TPSA) is 52.3 Å². The van der Waals surface area contributed by atoms with Crippen LogP contribution >= 0.6 is 0 Å². The summed E-state index contributed by atoms with van der Waals surface area (Å²) in [7, 11) is 3.60. The molecule has 3 heterocycles. The number of amides is 1. The lowest BCUT2D eigenvalue weighted by Gasteiger charge is -2.32. The highest BCUT2D eigenvalue weighted by atomic mass is 16.5. The van der Waals surface area contributed by atoms with Crippen LogP contribution in [0.2, 0.25) is 0 Å². The van der Waals surface area contributed by atoms with Crippen molar-refractivity contribution in [2.24, 2.45) is 7.05 Å². The van der Waals surface area contributed by atoms with Gasteiger partial charge in [-0.2, -0.15) is 0 Å². The van der Waals surface area contributed by atoms with Gasteiger partial charge in [-0.15, -0.1) is 0 Å². The molecule has 1 saturated heterocycles. The molecule has 1 aliphatic heterocycles. The molecule has 6 heteroatoms. The Morgan fingerprint density at radius 1 is 1.33 bits per heavy atom. The van der Waals surface area contributed by atoms with E-state index in [1.165, 1.54) is 0 Å². The number of imidazole rings is 1. The van der Waals surface area contributed by atoms with Crippen molar-refractivity contribution in [1.82, 2.24) is 19.0 Å². The molecule has 0 saturated carbocycles. The zero-order chi connectivity index (χ0) is 19.0. The van der Waals surface area contributed by atoms with Crippen LogP contribution < -0.4 is 4.74 Å². The number of carbonyl (C=O) groups excluding carboxylic acids is 1. The molecule has 1 atom stereocenters. The summed E-state index contributed by atoms with van der Waals surface area (Å²) in [6.45, 7) is 4.55. The predicted octanol–water partition coefficient (Wildman–Crippen LogP) is 3.42. The van der Waals surface area contributed by atoms with Crippen LogP contribution in [0.4, 0.5) is 0 Å². The molecule has 4 rings (SSSR count). The third-order valence-electron chi connectivity index (χ3n) is 5.63. The number of likely N-dealkylation sites (tertiary alicyclic amines) is 1. The van der Waals surface area contributed by atoms with Crippen molar-refractivity contribution >= 4 is 16.8 Å². The van der Waals surface area contributed by atoms with Gasteiger partial charge in [-0.25, -0.2) is 4.98 Å². The summed E-state index contributed by atoms with van der Waals surface area (Å²) in [5.41, 5.74) is 1.73. The van der Waals surface area contributed by atoms with Crippen LogP contribution in [0.5, 0.6) is 5.75 Å². The second-order valence-electron chi connectivity index (χ2n) is 7.18. The molecule has 0 aliphatic carbocycles. The highest BCUT2D eigenvalue weighted by molar-refractivity contribution is 5.99. The molecule has 0 radical (unpaired) electrons. The quantitative estimate of drug-likeness (QED) is 0.711. The van der Waals surface area contributed by atoms with Gasteiger partial charge < -0.3 is 18.8 Å². The molecule has 2 aromatic heterocycles. The maximum absolute atomic E-state index is 13.3. The number of carbonyl (C=O) groups is 1. The Bertz CT molecular complexity index is 972. The molecule has 0 N–H and O–H groups in total. The number of methoxy groups -OCH3 is 1. The number of hydrogen-bond acceptors (Lipinski definition) is 3. The molecule has 1 fully saturated rings. The maximum atomic E-state index is 13.3. The number of nitrogens with zero attached hydrogens (tertiary/aromatic N) is 4. The minimum absolute atomic E-state index is 0.0898. The fraction of sp³-hybridized carbons (Fsp3) is 0.429. The van der Waals surface area contributed by atoms with Crippen LogP contribution in [-0.4, -0.2) is 45.1 Å². The molecule has 1 aromatic carbocycles. The van der Waals surface area contributed by atoms with E-state index < -0.39 is 0 Å². The van der Waals surface area contributed by atoms with Gasteiger partial charge >= 0.3 is 0 Å². The molecule has 1 amide bonds. The first-order valence-corrected chi connectivity index (χ1v) is 9.56. The third-order valence-corrected chi connectivity index (χ3v) is 5.63. The van der Waals surface area contributed by atoms with Crippen molar-refractivity contribution in [3.05, 3.63) is 48.2 Å². The van der Waals surface area contributed by atoms with E-state index in [1.807, 2.05) is 53.2 Å². The molecule has 1 unspecified atom stereocenters. The first kappa shape index (κ1) is 17.6. The van der Waals surface area contributed by atoms with Gasteiger partial charge in [0.25, 0.3) is 5.91 Å². The van der Waals surface area contributed by atoms with E-state index in [-0.39, 0.29) is 5.91 Å². The maximum Gasteiger partial charge on any atom is 0.270 e. The number of piperidine rings is 1. The smallest absolute Gasteiger partial charge is 0.270 e. The van der Waals surface area contributed by atoms with Crippen LogP contribution in [0, 0.1) is 0 Å². The molecule has 27 heavy (non-hydrogen) atoms. The number of hydrogen-bond donors (Lipinski definition) is 0. The van der Waals surface area contributed by atoms with Crippen LogP contribution in [0.3, 0.4) is 0 Å². The van der Waals surface area contributed by atoms with Crippen molar-refractivity contribution in [3.8, 4) is 5.75 Å². The highest BCUT2D eigenvalue weighted by Gasteiger charge is 2.29. The zero-order valence-electron chi connectivity index (χ0n) is 16.2. The second-order valence-corrected chi connectivity index (χ2v) is 7.18. The summed E-state index contributed by atoms with van der Waals surface area (Å²) in [5, 5.41) is 1.05. The molecule has 1 aliphatic rings. The summed E-state index contributed by atoms with van der Waals surface area (Å²) >= 11 is 0. The van der Waals surface area contributed by atoms with Gasteiger partial charge in [0, 0.05) is 56.4 Å². The zero-order valence-corrected chi connectivity index (χ0v) is 16.2. The lowest BCUT2D eigenvalue weighted by atomic mass is 9.96. The van der Waals surface area contributed by atoms with Gasteiger partial charge in [0.2, 0.25) is 0 Å². The second kappa shape index (κ2) is 7.10. The van der Waals surface area contributed by atoms with Gasteiger partial charge in [0.1, 0.15) is 17.3 Å². The predicted molar refractivity (Wildman–Crippen MR) is 105 cm³/mol. The summed E-state index contributed by atoms with van der Waals surface area (Å²) in [6.07, 6.45) is 5.96.